The molecule has 0 amide bonds. The summed E-state index contributed by atoms with van der Waals surface area (Å²) in [6.07, 6.45) is 3.26. The zero-order valence-corrected chi connectivity index (χ0v) is 10.9. The van der Waals surface area contributed by atoms with E-state index in [1.807, 2.05) is 6.07 Å². The third kappa shape index (κ3) is 2.68. The monoisotopic (exact) mass is 265 g/mol. The molecule has 0 atom stereocenters. The Morgan fingerprint density at radius 1 is 1.17 bits per heavy atom. The number of aliphatic hydroxyl groups is 1. The van der Waals surface area contributed by atoms with Crippen LogP contribution < -0.4 is 0 Å². The summed E-state index contributed by atoms with van der Waals surface area (Å²) in [5.41, 5.74) is 1.28. The van der Waals surface area contributed by atoms with Crippen molar-refractivity contribution in [3.63, 3.8) is 0 Å². The molecule has 0 saturated carbocycles. The van der Waals surface area contributed by atoms with Gasteiger partial charge in [0.05, 0.1) is 10.6 Å². The van der Waals surface area contributed by atoms with E-state index >= 15 is 0 Å². The first-order chi connectivity index (χ1) is 8.38. The highest BCUT2D eigenvalue weighted by molar-refractivity contribution is 6.31. The molecule has 4 heteroatoms. The topological polar surface area (TPSA) is 33.1 Å². The standard InChI is InChI=1S/C14H13ClFNO/c1-14(2,18)11-5-10(7-17-8-11)9-3-4-13(16)12(15)6-9/h3-8,18H,1-2H3. The van der Waals surface area contributed by atoms with Crippen molar-refractivity contribution in [3.05, 3.63) is 53.1 Å². The molecule has 0 aliphatic carbocycles. The second-order valence-corrected chi connectivity index (χ2v) is 5.06. The minimum absolute atomic E-state index is 0.0705. The molecule has 94 valence electrons. The highest BCUT2D eigenvalue weighted by Crippen LogP contribution is 2.27. The van der Waals surface area contributed by atoms with Crippen LogP contribution in [0.5, 0.6) is 0 Å². The van der Waals surface area contributed by atoms with Crippen LogP contribution in [0.2, 0.25) is 5.02 Å². The molecular weight excluding hydrogens is 253 g/mol. The van der Waals surface area contributed by atoms with Crippen LogP contribution in [-0.4, -0.2) is 10.1 Å². The molecule has 0 aliphatic heterocycles. The van der Waals surface area contributed by atoms with Crippen molar-refractivity contribution in [2.75, 3.05) is 0 Å². The maximum Gasteiger partial charge on any atom is 0.141 e. The van der Waals surface area contributed by atoms with Crippen molar-refractivity contribution in [1.29, 1.82) is 0 Å². The van der Waals surface area contributed by atoms with Gasteiger partial charge in [0.2, 0.25) is 0 Å². The number of hydrogen-bond acceptors (Lipinski definition) is 2. The van der Waals surface area contributed by atoms with Crippen LogP contribution in [0.25, 0.3) is 11.1 Å². The van der Waals surface area contributed by atoms with Gasteiger partial charge in [0.15, 0.2) is 0 Å². The van der Waals surface area contributed by atoms with E-state index in [1.165, 1.54) is 6.07 Å². The fourth-order valence-electron chi connectivity index (χ4n) is 1.61. The first-order valence-electron chi connectivity index (χ1n) is 5.51. The summed E-state index contributed by atoms with van der Waals surface area (Å²) in [7, 11) is 0. The molecule has 0 fully saturated rings. The molecule has 2 aromatic rings. The highest BCUT2D eigenvalue weighted by atomic mass is 35.5. The van der Waals surface area contributed by atoms with Crippen molar-refractivity contribution >= 4 is 11.6 Å². The van der Waals surface area contributed by atoms with E-state index in [0.717, 1.165) is 11.1 Å². The smallest absolute Gasteiger partial charge is 0.141 e. The lowest BCUT2D eigenvalue weighted by Gasteiger charge is -2.18. The lowest BCUT2D eigenvalue weighted by atomic mass is 9.97. The minimum Gasteiger partial charge on any atom is -0.386 e. The molecule has 0 spiro atoms. The number of aromatic nitrogens is 1. The number of pyridine rings is 1. The molecule has 1 aromatic heterocycles. The van der Waals surface area contributed by atoms with E-state index in [2.05, 4.69) is 4.98 Å². The molecule has 2 nitrogen and oxygen atoms in total. The van der Waals surface area contributed by atoms with Gasteiger partial charge in [0.1, 0.15) is 5.82 Å². The Morgan fingerprint density at radius 3 is 2.50 bits per heavy atom. The summed E-state index contributed by atoms with van der Waals surface area (Å²) in [4.78, 5) is 4.08. The molecule has 0 saturated heterocycles. The molecule has 0 aliphatic rings. The van der Waals surface area contributed by atoms with Crippen molar-refractivity contribution in [2.45, 2.75) is 19.4 Å². The summed E-state index contributed by atoms with van der Waals surface area (Å²) in [6, 6.07) is 6.30. The number of benzene rings is 1. The fourth-order valence-corrected chi connectivity index (χ4v) is 1.79. The molecule has 1 heterocycles. The molecule has 2 rings (SSSR count). The summed E-state index contributed by atoms with van der Waals surface area (Å²) in [5, 5.41) is 10.0. The van der Waals surface area contributed by atoms with E-state index in [-0.39, 0.29) is 5.02 Å². The van der Waals surface area contributed by atoms with E-state index in [1.54, 1.807) is 38.4 Å². The van der Waals surface area contributed by atoms with Crippen molar-refractivity contribution < 1.29 is 9.50 Å². The van der Waals surface area contributed by atoms with Gasteiger partial charge in [-0.25, -0.2) is 4.39 Å². The second kappa shape index (κ2) is 4.67. The van der Waals surface area contributed by atoms with Gasteiger partial charge < -0.3 is 5.11 Å². The molecule has 0 unspecified atom stereocenters. The minimum atomic E-state index is -0.965. The number of nitrogens with zero attached hydrogens (tertiary/aromatic N) is 1. The largest absolute Gasteiger partial charge is 0.386 e. The predicted octanol–water partition coefficient (Wildman–Crippen LogP) is 3.77. The number of rotatable bonds is 2. The van der Waals surface area contributed by atoms with Gasteiger partial charge in [0, 0.05) is 23.5 Å². The van der Waals surface area contributed by atoms with Crippen LogP contribution in [0, 0.1) is 5.82 Å². The Morgan fingerprint density at radius 2 is 1.89 bits per heavy atom. The van der Waals surface area contributed by atoms with E-state index in [4.69, 9.17) is 11.6 Å². The Labute approximate surface area is 110 Å². The van der Waals surface area contributed by atoms with E-state index in [9.17, 15) is 9.50 Å². The Hall–Kier alpha value is -1.45. The van der Waals surface area contributed by atoms with Gasteiger partial charge in [-0.2, -0.15) is 0 Å². The van der Waals surface area contributed by atoms with Crippen LogP contribution in [-0.2, 0) is 5.60 Å². The normalized spacial score (nSPS) is 11.6. The summed E-state index contributed by atoms with van der Waals surface area (Å²) < 4.78 is 13.1. The van der Waals surface area contributed by atoms with Crippen LogP contribution in [0.15, 0.2) is 36.7 Å². The van der Waals surface area contributed by atoms with Gasteiger partial charge in [0.25, 0.3) is 0 Å². The Bertz CT molecular complexity index is 578. The fraction of sp³-hybridized carbons (Fsp3) is 0.214. The van der Waals surface area contributed by atoms with Gasteiger partial charge in [-0.05, 0) is 37.6 Å². The zero-order chi connectivity index (χ0) is 13.3. The summed E-state index contributed by atoms with van der Waals surface area (Å²) >= 11 is 5.75. The summed E-state index contributed by atoms with van der Waals surface area (Å²) in [5.74, 6) is -0.452. The van der Waals surface area contributed by atoms with Crippen molar-refractivity contribution in [3.8, 4) is 11.1 Å². The van der Waals surface area contributed by atoms with E-state index < -0.39 is 11.4 Å². The maximum atomic E-state index is 13.1. The SMILES string of the molecule is CC(C)(O)c1cncc(-c2ccc(F)c(Cl)c2)c1. The van der Waals surface area contributed by atoms with E-state index in [0.29, 0.717) is 5.56 Å². The van der Waals surface area contributed by atoms with Crippen molar-refractivity contribution in [1.82, 2.24) is 4.98 Å². The third-order valence-corrected chi connectivity index (χ3v) is 2.99. The number of halogens is 2. The molecule has 0 bridgehead atoms. The zero-order valence-electron chi connectivity index (χ0n) is 10.1. The quantitative estimate of drug-likeness (QED) is 0.897. The summed E-state index contributed by atoms with van der Waals surface area (Å²) in [6.45, 7) is 3.37. The van der Waals surface area contributed by atoms with Crippen LogP contribution in [0.1, 0.15) is 19.4 Å². The lowest BCUT2D eigenvalue weighted by molar-refractivity contribution is 0.0783. The first kappa shape index (κ1) is 13.0. The van der Waals surface area contributed by atoms with Gasteiger partial charge >= 0.3 is 0 Å². The van der Waals surface area contributed by atoms with Crippen LogP contribution in [0.3, 0.4) is 0 Å². The third-order valence-electron chi connectivity index (χ3n) is 2.70. The van der Waals surface area contributed by atoms with Crippen LogP contribution >= 0.6 is 11.6 Å². The second-order valence-electron chi connectivity index (χ2n) is 4.65. The van der Waals surface area contributed by atoms with Crippen molar-refractivity contribution in [2.24, 2.45) is 0 Å². The van der Waals surface area contributed by atoms with Crippen LogP contribution in [0.4, 0.5) is 4.39 Å². The predicted molar refractivity (Wildman–Crippen MR) is 69.9 cm³/mol. The lowest BCUT2D eigenvalue weighted by Crippen LogP contribution is -2.15. The first-order valence-corrected chi connectivity index (χ1v) is 5.89. The average Bonchev–Trinajstić information content (AvgIpc) is 2.32. The maximum absolute atomic E-state index is 13.1. The molecule has 0 radical (unpaired) electrons. The Kier molecular flexibility index (Phi) is 3.37. The highest BCUT2D eigenvalue weighted by Gasteiger charge is 2.17. The van der Waals surface area contributed by atoms with Gasteiger partial charge in [-0.1, -0.05) is 17.7 Å². The molecular formula is C14H13ClFNO. The molecule has 1 aromatic carbocycles. The number of hydrogen-bond donors (Lipinski definition) is 1. The molecule has 18 heavy (non-hydrogen) atoms. The average molecular weight is 266 g/mol. The van der Waals surface area contributed by atoms with Gasteiger partial charge in [-0.15, -0.1) is 0 Å². The molecule has 1 N–H and O–H groups in total. The Balaban J connectivity index is 2.48. The van der Waals surface area contributed by atoms with Gasteiger partial charge in [-0.3, -0.25) is 4.98 Å².